The van der Waals surface area contributed by atoms with Crippen molar-refractivity contribution in [3.05, 3.63) is 46.8 Å². The number of benzene rings is 1. The fraction of sp³-hybridized carbons (Fsp3) is 0.524. The number of nitrogens with zero attached hydrogens (tertiary/aromatic N) is 2. The highest BCUT2D eigenvalue weighted by molar-refractivity contribution is 7.89. The van der Waals surface area contributed by atoms with Crippen LogP contribution in [0.3, 0.4) is 0 Å². The number of aromatic nitrogens is 1. The van der Waals surface area contributed by atoms with Gasteiger partial charge < -0.3 is 9.42 Å². The molecule has 1 aromatic carbocycles. The van der Waals surface area contributed by atoms with Gasteiger partial charge in [-0.05, 0) is 43.7 Å². The molecule has 1 aliphatic carbocycles. The van der Waals surface area contributed by atoms with E-state index in [0.717, 1.165) is 18.4 Å². The normalized spacial score (nSPS) is 14.4. The summed E-state index contributed by atoms with van der Waals surface area (Å²) in [4.78, 5) is 14.7. The van der Waals surface area contributed by atoms with Crippen LogP contribution in [0, 0.1) is 13.8 Å². The number of amides is 1. The number of sulfonamides is 1. The van der Waals surface area contributed by atoms with Crippen molar-refractivity contribution < 1.29 is 17.7 Å². The standard InChI is InChI=1S/C21H29N3O4S/c1-14(2)18-7-5-17(6-8-18)13-24(19-9-10-19)20(25)11-12-22-29(26,27)21-15(3)23-28-16(21)4/h5-8,14,19,22H,9-13H2,1-4H3. The van der Waals surface area contributed by atoms with Crippen LogP contribution in [-0.2, 0) is 21.4 Å². The van der Waals surface area contributed by atoms with Crippen molar-refractivity contribution >= 4 is 15.9 Å². The highest BCUT2D eigenvalue weighted by atomic mass is 32.2. The summed E-state index contributed by atoms with van der Waals surface area (Å²) in [6.07, 6.45) is 2.12. The van der Waals surface area contributed by atoms with Gasteiger partial charge in [-0.3, -0.25) is 4.79 Å². The predicted octanol–water partition coefficient (Wildman–Crippen LogP) is 3.27. The lowest BCUT2D eigenvalue weighted by atomic mass is 10.0. The highest BCUT2D eigenvalue weighted by Gasteiger charge is 2.32. The van der Waals surface area contributed by atoms with Gasteiger partial charge in [-0.15, -0.1) is 0 Å². The maximum Gasteiger partial charge on any atom is 0.245 e. The molecule has 1 aliphatic rings. The smallest absolute Gasteiger partial charge is 0.245 e. The number of nitrogens with one attached hydrogen (secondary N) is 1. The molecule has 3 rings (SSSR count). The van der Waals surface area contributed by atoms with Crippen molar-refractivity contribution in [3.63, 3.8) is 0 Å². The summed E-state index contributed by atoms with van der Waals surface area (Å²) in [5.74, 6) is 0.670. The van der Waals surface area contributed by atoms with Crippen LogP contribution in [-0.4, -0.2) is 37.0 Å². The van der Waals surface area contributed by atoms with Crippen LogP contribution >= 0.6 is 0 Å². The molecule has 1 heterocycles. The molecule has 0 unspecified atom stereocenters. The second kappa shape index (κ2) is 8.67. The molecule has 0 radical (unpaired) electrons. The topological polar surface area (TPSA) is 92.5 Å². The Labute approximate surface area is 172 Å². The van der Waals surface area contributed by atoms with Gasteiger partial charge in [-0.2, -0.15) is 0 Å². The summed E-state index contributed by atoms with van der Waals surface area (Å²) in [5.41, 5.74) is 2.67. The number of carbonyl (C=O) groups excluding carboxylic acids is 1. The zero-order chi connectivity index (χ0) is 21.2. The zero-order valence-electron chi connectivity index (χ0n) is 17.4. The number of hydrogen-bond donors (Lipinski definition) is 1. The Morgan fingerprint density at radius 2 is 1.90 bits per heavy atom. The average Bonchev–Trinajstić information content (AvgIpc) is 3.43. The van der Waals surface area contributed by atoms with Crippen LogP contribution in [0.4, 0.5) is 0 Å². The Morgan fingerprint density at radius 1 is 1.24 bits per heavy atom. The lowest BCUT2D eigenvalue weighted by Crippen LogP contribution is -2.35. The van der Waals surface area contributed by atoms with E-state index in [2.05, 4.69) is 48.0 Å². The van der Waals surface area contributed by atoms with Gasteiger partial charge in [0.2, 0.25) is 15.9 Å². The van der Waals surface area contributed by atoms with Gasteiger partial charge in [0.05, 0.1) is 0 Å². The van der Waals surface area contributed by atoms with E-state index in [4.69, 9.17) is 4.52 Å². The summed E-state index contributed by atoms with van der Waals surface area (Å²) < 4.78 is 32.4. The summed E-state index contributed by atoms with van der Waals surface area (Å²) in [5, 5.41) is 3.68. The van der Waals surface area contributed by atoms with E-state index >= 15 is 0 Å². The average molecular weight is 420 g/mol. The van der Waals surface area contributed by atoms with Gasteiger partial charge in [0.1, 0.15) is 10.6 Å². The predicted molar refractivity (Wildman–Crippen MR) is 110 cm³/mol. The van der Waals surface area contributed by atoms with Crippen molar-refractivity contribution in [2.24, 2.45) is 0 Å². The minimum atomic E-state index is -3.75. The van der Waals surface area contributed by atoms with Crippen LogP contribution in [0.2, 0.25) is 0 Å². The third-order valence-electron chi connectivity index (χ3n) is 5.17. The van der Waals surface area contributed by atoms with Crippen LogP contribution in [0.15, 0.2) is 33.7 Å². The lowest BCUT2D eigenvalue weighted by Gasteiger charge is -2.23. The Kier molecular flexibility index (Phi) is 6.43. The van der Waals surface area contributed by atoms with Gasteiger partial charge in [0, 0.05) is 25.6 Å². The van der Waals surface area contributed by atoms with Crippen LogP contribution in [0.5, 0.6) is 0 Å². The molecular weight excluding hydrogens is 390 g/mol. The molecule has 1 fully saturated rings. The van der Waals surface area contributed by atoms with Crippen molar-refractivity contribution in [1.29, 1.82) is 0 Å². The molecule has 2 aromatic rings. The first-order valence-corrected chi connectivity index (χ1v) is 11.5. The molecule has 158 valence electrons. The summed E-state index contributed by atoms with van der Waals surface area (Å²) in [6.45, 7) is 8.03. The van der Waals surface area contributed by atoms with Gasteiger partial charge in [0.15, 0.2) is 5.76 Å². The van der Waals surface area contributed by atoms with Crippen LogP contribution in [0.25, 0.3) is 0 Å². The first kappa shape index (κ1) is 21.5. The Balaban J connectivity index is 1.59. The van der Waals surface area contributed by atoms with Gasteiger partial charge in [0.25, 0.3) is 0 Å². The Morgan fingerprint density at radius 3 is 2.41 bits per heavy atom. The first-order chi connectivity index (χ1) is 13.7. The van der Waals surface area contributed by atoms with Gasteiger partial charge >= 0.3 is 0 Å². The van der Waals surface area contributed by atoms with E-state index < -0.39 is 10.0 Å². The largest absolute Gasteiger partial charge is 0.360 e. The van der Waals surface area contributed by atoms with Crippen molar-refractivity contribution in [2.45, 2.75) is 70.4 Å². The number of hydrogen-bond acceptors (Lipinski definition) is 5. The zero-order valence-corrected chi connectivity index (χ0v) is 18.3. The molecule has 29 heavy (non-hydrogen) atoms. The van der Waals surface area contributed by atoms with E-state index in [9.17, 15) is 13.2 Å². The number of carbonyl (C=O) groups is 1. The molecule has 7 nitrogen and oxygen atoms in total. The fourth-order valence-corrected chi connectivity index (χ4v) is 4.74. The SMILES string of the molecule is Cc1noc(C)c1S(=O)(=O)NCCC(=O)N(Cc1ccc(C(C)C)cc1)C1CC1. The van der Waals surface area contributed by atoms with E-state index in [-0.39, 0.29) is 35.6 Å². The number of aryl methyl sites for hydroxylation is 2. The molecule has 0 bridgehead atoms. The second-order valence-electron chi connectivity index (χ2n) is 7.95. The minimum Gasteiger partial charge on any atom is -0.360 e. The summed E-state index contributed by atoms with van der Waals surface area (Å²) in [6, 6.07) is 8.60. The molecule has 1 N–H and O–H groups in total. The van der Waals surface area contributed by atoms with Crippen molar-refractivity contribution in [2.75, 3.05) is 6.54 Å². The molecule has 0 atom stereocenters. The lowest BCUT2D eigenvalue weighted by molar-refractivity contribution is -0.132. The molecule has 0 spiro atoms. The van der Waals surface area contributed by atoms with E-state index in [1.165, 1.54) is 5.56 Å². The monoisotopic (exact) mass is 419 g/mol. The second-order valence-corrected chi connectivity index (χ2v) is 9.65. The van der Waals surface area contributed by atoms with Gasteiger partial charge in [-0.25, -0.2) is 13.1 Å². The minimum absolute atomic E-state index is 0.0399. The van der Waals surface area contributed by atoms with E-state index in [0.29, 0.717) is 18.2 Å². The molecular formula is C21H29N3O4S. The van der Waals surface area contributed by atoms with Crippen LogP contribution < -0.4 is 4.72 Å². The van der Waals surface area contributed by atoms with E-state index in [1.807, 2.05) is 4.90 Å². The van der Waals surface area contributed by atoms with E-state index in [1.54, 1.807) is 13.8 Å². The molecule has 8 heteroatoms. The molecule has 1 aromatic heterocycles. The molecule has 0 aliphatic heterocycles. The summed E-state index contributed by atoms with van der Waals surface area (Å²) in [7, 11) is -3.75. The Hall–Kier alpha value is -2.19. The Bertz CT molecular complexity index is 941. The van der Waals surface area contributed by atoms with Gasteiger partial charge in [-0.1, -0.05) is 43.3 Å². The maximum atomic E-state index is 12.8. The highest BCUT2D eigenvalue weighted by Crippen LogP contribution is 2.29. The van der Waals surface area contributed by atoms with Crippen molar-refractivity contribution in [1.82, 2.24) is 14.8 Å². The van der Waals surface area contributed by atoms with Crippen LogP contribution in [0.1, 0.15) is 61.6 Å². The number of rotatable bonds is 9. The molecule has 1 saturated carbocycles. The first-order valence-electron chi connectivity index (χ1n) is 10.00. The van der Waals surface area contributed by atoms with Crippen molar-refractivity contribution in [3.8, 4) is 0 Å². The third-order valence-corrected chi connectivity index (χ3v) is 6.88. The fourth-order valence-electron chi connectivity index (χ4n) is 3.38. The third kappa shape index (κ3) is 5.25. The molecule has 0 saturated heterocycles. The maximum absolute atomic E-state index is 12.8. The molecule has 1 amide bonds. The summed E-state index contributed by atoms with van der Waals surface area (Å²) >= 11 is 0. The quantitative estimate of drug-likeness (QED) is 0.673.